The summed E-state index contributed by atoms with van der Waals surface area (Å²) in [6, 6.07) is 7.53. The standard InChI is InChI=1S/C19H23BrO4/c1-6-23-18(22)17(24-19(3,4)5)15-11(2)9-12-10-13(20)7-8-14(12)16(15)21/h7-10,17,21H,6H2,1-5H3. The quantitative estimate of drug-likeness (QED) is 0.738. The van der Waals surface area contributed by atoms with Crippen LogP contribution in [0.15, 0.2) is 28.7 Å². The van der Waals surface area contributed by atoms with Gasteiger partial charge in [0.2, 0.25) is 0 Å². The molecule has 1 N–H and O–H groups in total. The van der Waals surface area contributed by atoms with E-state index in [0.717, 1.165) is 15.4 Å². The first kappa shape index (κ1) is 18.7. The molecule has 0 fully saturated rings. The zero-order chi connectivity index (χ0) is 18.1. The average molecular weight is 395 g/mol. The van der Waals surface area contributed by atoms with Crippen LogP contribution in [0.5, 0.6) is 5.75 Å². The van der Waals surface area contributed by atoms with Crippen molar-refractivity contribution in [3.8, 4) is 5.75 Å². The minimum absolute atomic E-state index is 0.0554. The summed E-state index contributed by atoms with van der Waals surface area (Å²) in [4.78, 5) is 12.5. The lowest BCUT2D eigenvalue weighted by Crippen LogP contribution is -2.29. The lowest BCUT2D eigenvalue weighted by molar-refractivity contribution is -0.167. The monoisotopic (exact) mass is 394 g/mol. The molecule has 2 aromatic rings. The van der Waals surface area contributed by atoms with Crippen molar-refractivity contribution in [3.63, 3.8) is 0 Å². The summed E-state index contributed by atoms with van der Waals surface area (Å²) in [6.07, 6.45) is -0.974. The van der Waals surface area contributed by atoms with Crippen molar-refractivity contribution >= 4 is 32.7 Å². The van der Waals surface area contributed by atoms with Crippen LogP contribution in [0.4, 0.5) is 0 Å². The third kappa shape index (κ3) is 4.08. The Labute approximate surface area is 150 Å². The van der Waals surface area contributed by atoms with Gasteiger partial charge in [0.1, 0.15) is 5.75 Å². The normalized spacial score (nSPS) is 13.1. The number of fused-ring (bicyclic) bond motifs is 1. The van der Waals surface area contributed by atoms with E-state index in [2.05, 4.69) is 15.9 Å². The van der Waals surface area contributed by atoms with Gasteiger partial charge in [0, 0.05) is 15.4 Å². The van der Waals surface area contributed by atoms with Crippen molar-refractivity contribution in [3.05, 3.63) is 39.9 Å². The molecule has 0 bridgehead atoms. The summed E-state index contributed by atoms with van der Waals surface area (Å²) in [5.74, 6) is -0.443. The van der Waals surface area contributed by atoms with Gasteiger partial charge in [0.15, 0.2) is 6.10 Å². The fraction of sp³-hybridized carbons (Fsp3) is 0.421. The van der Waals surface area contributed by atoms with Gasteiger partial charge in [0.25, 0.3) is 0 Å². The number of esters is 1. The van der Waals surface area contributed by atoms with E-state index < -0.39 is 17.7 Å². The molecule has 0 aliphatic heterocycles. The van der Waals surface area contributed by atoms with Crippen LogP contribution in [0.1, 0.15) is 44.9 Å². The second kappa shape index (κ2) is 7.11. The Morgan fingerprint density at radius 3 is 2.54 bits per heavy atom. The number of benzene rings is 2. The van der Waals surface area contributed by atoms with E-state index >= 15 is 0 Å². The number of hydrogen-bond acceptors (Lipinski definition) is 4. The summed E-state index contributed by atoms with van der Waals surface area (Å²) in [5.41, 5.74) is 0.670. The predicted molar refractivity (Wildman–Crippen MR) is 98.3 cm³/mol. The third-order valence-corrected chi connectivity index (χ3v) is 4.05. The molecule has 0 spiro atoms. The van der Waals surface area contributed by atoms with Crippen molar-refractivity contribution in [1.82, 2.24) is 0 Å². The Balaban J connectivity index is 2.64. The summed E-state index contributed by atoms with van der Waals surface area (Å²) < 4.78 is 12.0. The fourth-order valence-corrected chi connectivity index (χ4v) is 3.02. The first-order chi connectivity index (χ1) is 11.1. The predicted octanol–water partition coefficient (Wildman–Crippen LogP) is 5.04. The Bertz CT molecular complexity index is 762. The van der Waals surface area contributed by atoms with E-state index in [1.807, 2.05) is 52.0 Å². The molecule has 0 saturated heterocycles. The van der Waals surface area contributed by atoms with E-state index in [1.165, 1.54) is 0 Å². The van der Waals surface area contributed by atoms with Crippen LogP contribution in [0.3, 0.4) is 0 Å². The number of carbonyl (C=O) groups excluding carboxylic acids is 1. The molecule has 2 aromatic carbocycles. The SMILES string of the molecule is CCOC(=O)C(OC(C)(C)C)c1c(C)cc2cc(Br)ccc2c1O. The summed E-state index contributed by atoms with van der Waals surface area (Å²) >= 11 is 3.43. The highest BCUT2D eigenvalue weighted by molar-refractivity contribution is 9.10. The van der Waals surface area contributed by atoms with Crippen LogP contribution < -0.4 is 0 Å². The lowest BCUT2D eigenvalue weighted by atomic mass is 9.96. The Morgan fingerprint density at radius 1 is 1.29 bits per heavy atom. The molecule has 4 nitrogen and oxygen atoms in total. The topological polar surface area (TPSA) is 55.8 Å². The van der Waals surface area contributed by atoms with Crippen molar-refractivity contribution in [2.24, 2.45) is 0 Å². The van der Waals surface area contributed by atoms with Gasteiger partial charge < -0.3 is 14.6 Å². The minimum atomic E-state index is -0.974. The molecule has 130 valence electrons. The van der Waals surface area contributed by atoms with Crippen LogP contribution >= 0.6 is 15.9 Å². The minimum Gasteiger partial charge on any atom is -0.507 e. The van der Waals surface area contributed by atoms with Crippen molar-refractivity contribution in [1.29, 1.82) is 0 Å². The van der Waals surface area contributed by atoms with Crippen LogP contribution in [-0.2, 0) is 14.3 Å². The van der Waals surface area contributed by atoms with E-state index in [-0.39, 0.29) is 12.4 Å². The maximum atomic E-state index is 12.5. The van der Waals surface area contributed by atoms with E-state index in [4.69, 9.17) is 9.47 Å². The van der Waals surface area contributed by atoms with Crippen LogP contribution in [0, 0.1) is 6.92 Å². The van der Waals surface area contributed by atoms with Crippen LogP contribution in [0.25, 0.3) is 10.8 Å². The highest BCUT2D eigenvalue weighted by Gasteiger charge is 2.32. The number of carbonyl (C=O) groups is 1. The number of phenols is 1. The molecular formula is C19H23BrO4. The number of halogens is 1. The zero-order valence-corrected chi connectivity index (χ0v) is 16.2. The number of hydrogen-bond donors (Lipinski definition) is 1. The Hall–Kier alpha value is -1.59. The Morgan fingerprint density at radius 2 is 1.96 bits per heavy atom. The van der Waals surface area contributed by atoms with E-state index in [1.54, 1.807) is 6.92 Å². The van der Waals surface area contributed by atoms with Gasteiger partial charge in [0.05, 0.1) is 12.2 Å². The average Bonchev–Trinajstić information content (AvgIpc) is 2.44. The molecule has 0 aliphatic rings. The fourth-order valence-electron chi connectivity index (χ4n) is 2.64. The van der Waals surface area contributed by atoms with Gasteiger partial charge >= 0.3 is 5.97 Å². The highest BCUT2D eigenvalue weighted by atomic mass is 79.9. The number of aromatic hydroxyl groups is 1. The van der Waals surface area contributed by atoms with Gasteiger partial charge in [-0.25, -0.2) is 4.79 Å². The van der Waals surface area contributed by atoms with E-state index in [0.29, 0.717) is 10.9 Å². The molecule has 0 aromatic heterocycles. The lowest BCUT2D eigenvalue weighted by Gasteiger charge is -2.28. The molecule has 0 saturated carbocycles. The second-order valence-corrected chi connectivity index (χ2v) is 7.60. The maximum absolute atomic E-state index is 12.5. The molecule has 24 heavy (non-hydrogen) atoms. The summed E-state index contributed by atoms with van der Waals surface area (Å²) in [6.45, 7) is 9.45. The molecule has 0 aliphatic carbocycles. The highest BCUT2D eigenvalue weighted by Crippen LogP contribution is 2.39. The third-order valence-electron chi connectivity index (χ3n) is 3.55. The number of phenolic OH excluding ortho intramolecular Hbond substituents is 1. The molecule has 1 atom stereocenters. The maximum Gasteiger partial charge on any atom is 0.340 e. The second-order valence-electron chi connectivity index (χ2n) is 6.68. The van der Waals surface area contributed by atoms with E-state index in [9.17, 15) is 9.90 Å². The molecule has 0 heterocycles. The van der Waals surface area contributed by atoms with Gasteiger partial charge in [-0.3, -0.25) is 0 Å². The van der Waals surface area contributed by atoms with Gasteiger partial charge in [-0.2, -0.15) is 0 Å². The number of rotatable bonds is 4. The van der Waals surface area contributed by atoms with Crippen LogP contribution in [-0.4, -0.2) is 23.3 Å². The molecule has 0 radical (unpaired) electrons. The van der Waals surface area contributed by atoms with Crippen LogP contribution in [0.2, 0.25) is 0 Å². The van der Waals surface area contributed by atoms with Gasteiger partial charge in [-0.15, -0.1) is 0 Å². The number of aryl methyl sites for hydroxylation is 1. The van der Waals surface area contributed by atoms with Crippen molar-refractivity contribution < 1.29 is 19.4 Å². The summed E-state index contributed by atoms with van der Waals surface area (Å²) in [7, 11) is 0. The molecule has 2 rings (SSSR count). The smallest absolute Gasteiger partial charge is 0.340 e. The Kier molecular flexibility index (Phi) is 5.56. The first-order valence-electron chi connectivity index (χ1n) is 7.90. The molecule has 1 unspecified atom stereocenters. The first-order valence-corrected chi connectivity index (χ1v) is 8.69. The van der Waals surface area contributed by atoms with Gasteiger partial charge in [-0.05, 0) is 63.8 Å². The largest absolute Gasteiger partial charge is 0.507 e. The molecular weight excluding hydrogens is 372 g/mol. The zero-order valence-electron chi connectivity index (χ0n) is 14.6. The van der Waals surface area contributed by atoms with Gasteiger partial charge in [-0.1, -0.05) is 22.0 Å². The molecule has 5 heteroatoms. The molecule has 0 amide bonds. The van der Waals surface area contributed by atoms with Crippen molar-refractivity contribution in [2.45, 2.75) is 46.3 Å². The number of ether oxygens (including phenoxy) is 2. The van der Waals surface area contributed by atoms with Crippen molar-refractivity contribution in [2.75, 3.05) is 6.61 Å². The summed E-state index contributed by atoms with van der Waals surface area (Å²) in [5, 5.41) is 12.4.